The summed E-state index contributed by atoms with van der Waals surface area (Å²) < 4.78 is 2.28. The number of aliphatic hydroxyl groups is 1. The third kappa shape index (κ3) is 3.20. The van der Waals surface area contributed by atoms with E-state index in [1.165, 1.54) is 11.1 Å². The number of hydrogen-bond donors (Lipinski definition) is 2. The van der Waals surface area contributed by atoms with Crippen molar-refractivity contribution in [1.29, 1.82) is 0 Å². The molecule has 1 unspecified atom stereocenters. The van der Waals surface area contributed by atoms with Crippen LogP contribution < -0.4 is 17.7 Å². The molecular weight excluding hydrogens is 236 g/mol. The van der Waals surface area contributed by atoms with Gasteiger partial charge in [-0.3, -0.25) is 9.89 Å². The van der Waals surface area contributed by atoms with Gasteiger partial charge in [0, 0.05) is 13.0 Å². The van der Waals surface area contributed by atoms with E-state index < -0.39 is 0 Å². The molecule has 2 N–H and O–H groups in total. The molecule has 0 aliphatic carbocycles. The van der Waals surface area contributed by atoms with E-state index in [1.54, 1.807) is 0 Å². The molecule has 2 rings (SSSR count). The Labute approximate surface area is 109 Å². The van der Waals surface area contributed by atoms with Crippen LogP contribution in [0.3, 0.4) is 0 Å². The molecule has 0 amide bonds. The fourth-order valence-electron chi connectivity index (χ4n) is 2.27. The molecule has 0 radical (unpaired) electrons. The van der Waals surface area contributed by atoms with Crippen molar-refractivity contribution in [2.24, 2.45) is 0 Å². The third-order valence-electron chi connectivity index (χ3n) is 3.12. The summed E-state index contributed by atoms with van der Waals surface area (Å²) in [5, 5.41) is 12.4. The average molecular weight is 255 g/mol. The predicted molar refractivity (Wildman–Crippen MR) is 64.8 cm³/mol. The van der Waals surface area contributed by atoms with E-state index in [0.29, 0.717) is 6.04 Å². The molecule has 4 heteroatoms. The van der Waals surface area contributed by atoms with Crippen LogP contribution in [-0.4, -0.2) is 35.7 Å². The minimum atomic E-state index is 0. The van der Waals surface area contributed by atoms with Crippen molar-refractivity contribution in [3.63, 3.8) is 0 Å². The molecule has 1 atom stereocenters. The molecule has 0 aromatic heterocycles. The van der Waals surface area contributed by atoms with Crippen molar-refractivity contribution in [2.75, 3.05) is 19.7 Å². The van der Waals surface area contributed by atoms with Gasteiger partial charge in [-0.2, -0.15) is 0 Å². The molecule has 3 nitrogen and oxygen atoms in total. The number of hydrogen-bond acceptors (Lipinski definition) is 2. The van der Waals surface area contributed by atoms with Crippen LogP contribution in [0.4, 0.5) is 0 Å². The summed E-state index contributed by atoms with van der Waals surface area (Å²) in [6, 6.07) is 8.70. The van der Waals surface area contributed by atoms with Gasteiger partial charge in [0.05, 0.1) is 0 Å². The predicted octanol–water partition coefficient (Wildman–Crippen LogP) is -1.93. The lowest BCUT2D eigenvalue weighted by Crippen LogP contribution is -3.00. The second kappa shape index (κ2) is 6.62. The fourth-order valence-corrected chi connectivity index (χ4v) is 2.27. The molecule has 1 heterocycles. The molecule has 1 aromatic carbocycles. The lowest BCUT2D eigenvalue weighted by Gasteiger charge is -2.17. The Morgan fingerprint density at radius 3 is 2.76 bits per heavy atom. The lowest BCUT2D eigenvalue weighted by molar-refractivity contribution is -0.561. The molecule has 17 heavy (non-hydrogen) atoms. The van der Waals surface area contributed by atoms with E-state index in [-0.39, 0.29) is 19.0 Å². The summed E-state index contributed by atoms with van der Waals surface area (Å²) in [5.74, 6) is 0. The zero-order chi connectivity index (χ0) is 11.4. The van der Waals surface area contributed by atoms with Gasteiger partial charge in [-0.15, -0.1) is 0 Å². The number of benzene rings is 1. The molecule has 1 aliphatic rings. The summed E-state index contributed by atoms with van der Waals surface area (Å²) >= 11 is 0. The van der Waals surface area contributed by atoms with E-state index in [0.717, 1.165) is 19.5 Å². The van der Waals surface area contributed by atoms with Gasteiger partial charge in [-0.1, -0.05) is 24.3 Å². The fraction of sp³-hybridized carbons (Fsp3) is 0.462. The van der Waals surface area contributed by atoms with Crippen molar-refractivity contribution >= 4 is 6.34 Å². The highest BCUT2D eigenvalue weighted by molar-refractivity contribution is 5.49. The lowest BCUT2D eigenvalue weighted by atomic mass is 9.98. The highest BCUT2D eigenvalue weighted by atomic mass is 35.5. The van der Waals surface area contributed by atoms with Gasteiger partial charge >= 0.3 is 0 Å². The van der Waals surface area contributed by atoms with Crippen LogP contribution in [0, 0.1) is 6.92 Å². The van der Waals surface area contributed by atoms with E-state index in [2.05, 4.69) is 41.1 Å². The molecule has 0 bridgehead atoms. The van der Waals surface area contributed by atoms with Crippen molar-refractivity contribution in [3.05, 3.63) is 35.4 Å². The first-order chi connectivity index (χ1) is 7.83. The van der Waals surface area contributed by atoms with Crippen LogP contribution in [0.5, 0.6) is 0 Å². The van der Waals surface area contributed by atoms with Crippen molar-refractivity contribution in [1.82, 2.24) is 5.32 Å². The maximum absolute atomic E-state index is 9.19. The van der Waals surface area contributed by atoms with Crippen LogP contribution in [0.2, 0.25) is 0 Å². The molecule has 0 saturated carbocycles. The SMILES string of the molecule is Cc1ccccc1C(CCO)[N+]1=CNCC1.[Cl-]. The summed E-state index contributed by atoms with van der Waals surface area (Å²) in [6.07, 6.45) is 2.82. The van der Waals surface area contributed by atoms with E-state index in [4.69, 9.17) is 0 Å². The topological polar surface area (TPSA) is 35.3 Å². The Bertz CT molecular complexity index is 393. The molecular formula is C13H19ClN2O. The van der Waals surface area contributed by atoms with Gasteiger partial charge in [0.2, 0.25) is 6.34 Å². The maximum atomic E-state index is 9.19. The van der Waals surface area contributed by atoms with E-state index in [9.17, 15) is 5.11 Å². The Hall–Kier alpha value is -1.06. The summed E-state index contributed by atoms with van der Waals surface area (Å²) in [7, 11) is 0. The molecule has 94 valence electrons. The first-order valence-electron chi connectivity index (χ1n) is 5.82. The van der Waals surface area contributed by atoms with Gasteiger partial charge in [-0.25, -0.2) is 0 Å². The molecule has 1 aromatic rings. The highest BCUT2D eigenvalue weighted by Crippen LogP contribution is 2.24. The van der Waals surface area contributed by atoms with Crippen LogP contribution in [-0.2, 0) is 0 Å². The van der Waals surface area contributed by atoms with Crippen LogP contribution >= 0.6 is 0 Å². The maximum Gasteiger partial charge on any atom is 0.232 e. The first-order valence-corrected chi connectivity index (χ1v) is 5.82. The largest absolute Gasteiger partial charge is 1.00 e. The zero-order valence-corrected chi connectivity index (χ0v) is 10.8. The molecule has 0 saturated heterocycles. The van der Waals surface area contributed by atoms with Gasteiger partial charge in [0.15, 0.2) is 0 Å². The van der Waals surface area contributed by atoms with Gasteiger partial charge in [-0.05, 0) is 18.1 Å². The minimum absolute atomic E-state index is 0. The summed E-state index contributed by atoms with van der Waals surface area (Å²) in [6.45, 7) is 4.36. The first kappa shape index (κ1) is 14.0. The second-order valence-electron chi connectivity index (χ2n) is 4.21. The third-order valence-corrected chi connectivity index (χ3v) is 3.12. The Balaban J connectivity index is 0.00000144. The number of rotatable bonds is 4. The Morgan fingerprint density at radius 2 is 2.18 bits per heavy atom. The standard InChI is InChI=1S/C13H18N2O.ClH/c1-11-4-2-3-5-12(11)13(6-9-16)15-8-7-14-10-15;/h2-5,10,13,16H,6-9H2,1H3;1H. The monoisotopic (exact) mass is 254 g/mol. The van der Waals surface area contributed by atoms with Gasteiger partial charge < -0.3 is 17.5 Å². The average Bonchev–Trinajstić information content (AvgIpc) is 2.80. The van der Waals surface area contributed by atoms with Crippen molar-refractivity contribution < 1.29 is 22.1 Å². The number of halogens is 1. The summed E-state index contributed by atoms with van der Waals surface area (Å²) in [5.41, 5.74) is 2.61. The Morgan fingerprint density at radius 1 is 1.41 bits per heavy atom. The second-order valence-corrected chi connectivity index (χ2v) is 4.21. The quantitative estimate of drug-likeness (QED) is 0.614. The summed E-state index contributed by atoms with van der Waals surface area (Å²) in [4.78, 5) is 0. The van der Waals surface area contributed by atoms with Crippen molar-refractivity contribution in [2.45, 2.75) is 19.4 Å². The van der Waals surface area contributed by atoms with Crippen LogP contribution in [0.25, 0.3) is 0 Å². The normalized spacial score (nSPS) is 15.8. The molecule has 0 spiro atoms. The smallest absolute Gasteiger partial charge is 0.232 e. The van der Waals surface area contributed by atoms with Crippen molar-refractivity contribution in [3.8, 4) is 0 Å². The van der Waals surface area contributed by atoms with Crippen LogP contribution in [0.1, 0.15) is 23.6 Å². The van der Waals surface area contributed by atoms with Gasteiger partial charge in [0.25, 0.3) is 0 Å². The number of nitrogens with one attached hydrogen (secondary N) is 1. The van der Waals surface area contributed by atoms with Crippen LogP contribution in [0.15, 0.2) is 24.3 Å². The highest BCUT2D eigenvalue weighted by Gasteiger charge is 2.23. The number of nitrogens with zero attached hydrogens (tertiary/aromatic N) is 1. The molecule has 0 fully saturated rings. The Kier molecular flexibility index (Phi) is 5.45. The molecule has 1 aliphatic heterocycles. The van der Waals surface area contributed by atoms with E-state index >= 15 is 0 Å². The van der Waals surface area contributed by atoms with Gasteiger partial charge in [0.1, 0.15) is 19.1 Å². The minimum Gasteiger partial charge on any atom is -1.00 e. The van der Waals surface area contributed by atoms with E-state index in [1.807, 2.05) is 6.34 Å². The zero-order valence-electron chi connectivity index (χ0n) is 10.1. The number of aliphatic hydroxyl groups excluding tert-OH is 1. The number of aryl methyl sites for hydroxylation is 1.